The van der Waals surface area contributed by atoms with E-state index in [9.17, 15) is 4.79 Å². The van der Waals surface area contributed by atoms with Gasteiger partial charge in [-0.15, -0.1) is 0 Å². The Labute approximate surface area is 170 Å². The topological polar surface area (TPSA) is 59.9 Å². The molecule has 26 heavy (non-hydrogen) atoms. The van der Waals surface area contributed by atoms with Crippen molar-refractivity contribution in [1.29, 1.82) is 0 Å². The number of hydrogen-bond acceptors (Lipinski definition) is 5. The smallest absolute Gasteiger partial charge is 0.264 e. The Balaban J connectivity index is 1.87. The molecule has 2 aromatic rings. The van der Waals surface area contributed by atoms with Crippen molar-refractivity contribution in [3.8, 4) is 11.5 Å². The van der Waals surface area contributed by atoms with Gasteiger partial charge in [-0.05, 0) is 77.2 Å². The lowest BCUT2D eigenvalue weighted by Gasteiger charge is -2.12. The normalized spacial score (nSPS) is 16.8. The molecule has 1 N–H and O–H groups in total. The molecule has 7 heteroatoms. The first-order valence-corrected chi connectivity index (χ1v) is 9.85. The van der Waals surface area contributed by atoms with Crippen LogP contribution in [-0.2, 0) is 4.79 Å². The molecule has 0 unspecified atom stereocenters. The Kier molecular flexibility index (Phi) is 6.20. The maximum atomic E-state index is 12.2. The predicted molar refractivity (Wildman–Crippen MR) is 114 cm³/mol. The zero-order chi connectivity index (χ0) is 18.5. The first-order valence-electron chi connectivity index (χ1n) is 7.95. The minimum absolute atomic E-state index is 0.160. The largest absolute Gasteiger partial charge is 0.493 e. The molecule has 1 amide bonds. The summed E-state index contributed by atoms with van der Waals surface area (Å²) in [5, 5.41) is 3.36. The minimum atomic E-state index is -0.160. The number of aliphatic imine (C=N–C) groups is 1. The Bertz CT molecular complexity index is 882. The third-order valence-corrected chi connectivity index (χ3v) is 5.19. The zero-order valence-corrected chi connectivity index (χ0v) is 17.3. The zero-order valence-electron chi connectivity index (χ0n) is 14.3. The van der Waals surface area contributed by atoms with E-state index in [4.69, 9.17) is 9.47 Å². The molecule has 0 spiro atoms. The molecule has 5 nitrogen and oxygen atoms in total. The van der Waals surface area contributed by atoms with Crippen LogP contribution in [0.1, 0.15) is 12.5 Å². The third kappa shape index (κ3) is 4.39. The fraction of sp³-hybridized carbons (Fsp3) is 0.158. The average molecular weight is 480 g/mol. The van der Waals surface area contributed by atoms with Gasteiger partial charge in [0.2, 0.25) is 0 Å². The lowest BCUT2D eigenvalue weighted by molar-refractivity contribution is -0.115. The van der Waals surface area contributed by atoms with Crippen LogP contribution in [0.3, 0.4) is 0 Å². The van der Waals surface area contributed by atoms with Gasteiger partial charge in [0.05, 0.1) is 27.9 Å². The summed E-state index contributed by atoms with van der Waals surface area (Å²) >= 11 is 3.52. The van der Waals surface area contributed by atoms with Gasteiger partial charge in [-0.3, -0.25) is 4.79 Å². The minimum Gasteiger partial charge on any atom is -0.493 e. The van der Waals surface area contributed by atoms with Crippen LogP contribution in [0.2, 0.25) is 0 Å². The molecule has 1 fully saturated rings. The number of thioether (sulfide) groups is 1. The number of para-hydroxylation sites is 1. The first kappa shape index (κ1) is 18.8. The van der Waals surface area contributed by atoms with Gasteiger partial charge < -0.3 is 14.8 Å². The highest BCUT2D eigenvalue weighted by atomic mass is 127. The predicted octanol–water partition coefficient (Wildman–Crippen LogP) is 4.59. The van der Waals surface area contributed by atoms with E-state index in [2.05, 4.69) is 32.9 Å². The molecule has 0 bridgehead atoms. The average Bonchev–Trinajstić information content (AvgIpc) is 2.97. The summed E-state index contributed by atoms with van der Waals surface area (Å²) < 4.78 is 12.0. The highest BCUT2D eigenvalue weighted by molar-refractivity contribution is 14.1. The van der Waals surface area contributed by atoms with Gasteiger partial charge in [-0.1, -0.05) is 18.2 Å². The van der Waals surface area contributed by atoms with Gasteiger partial charge >= 0.3 is 0 Å². The molecular weight excluding hydrogens is 463 g/mol. The molecule has 1 aliphatic rings. The lowest BCUT2D eigenvalue weighted by atomic mass is 10.2. The number of halogens is 1. The molecule has 0 aliphatic carbocycles. The fourth-order valence-corrected chi connectivity index (χ4v) is 3.98. The highest BCUT2D eigenvalue weighted by Gasteiger charge is 2.24. The van der Waals surface area contributed by atoms with E-state index in [0.717, 1.165) is 14.8 Å². The number of hydrogen-bond donors (Lipinski definition) is 1. The van der Waals surface area contributed by atoms with E-state index in [1.807, 2.05) is 55.5 Å². The molecule has 0 atom stereocenters. The van der Waals surface area contributed by atoms with Gasteiger partial charge in [0.1, 0.15) is 0 Å². The van der Waals surface area contributed by atoms with Crippen LogP contribution >= 0.6 is 34.4 Å². The van der Waals surface area contributed by atoms with Crippen LogP contribution in [0, 0.1) is 3.57 Å². The van der Waals surface area contributed by atoms with E-state index >= 15 is 0 Å². The third-order valence-electron chi connectivity index (χ3n) is 3.48. The van der Waals surface area contributed by atoms with E-state index in [1.165, 1.54) is 11.8 Å². The van der Waals surface area contributed by atoms with Crippen molar-refractivity contribution in [1.82, 2.24) is 5.32 Å². The molecular formula is C19H17IN2O3S. The van der Waals surface area contributed by atoms with Crippen LogP contribution < -0.4 is 14.8 Å². The van der Waals surface area contributed by atoms with Crippen molar-refractivity contribution in [3.05, 3.63) is 56.5 Å². The Morgan fingerprint density at radius 2 is 2.04 bits per heavy atom. The van der Waals surface area contributed by atoms with Crippen molar-refractivity contribution >= 4 is 57.2 Å². The number of nitrogens with one attached hydrogen (secondary N) is 1. The number of benzene rings is 2. The summed E-state index contributed by atoms with van der Waals surface area (Å²) in [5.41, 5.74) is 1.67. The standard InChI is InChI=1S/C19H17IN2O3S/c1-3-25-17-14(20)9-12(10-15(17)24-2)11-16-18(23)22-19(26-16)21-13-7-5-4-6-8-13/h4-11H,3H2,1-2H3,(H,21,22,23). The quantitative estimate of drug-likeness (QED) is 0.503. The van der Waals surface area contributed by atoms with Crippen LogP contribution in [0.25, 0.3) is 6.08 Å². The van der Waals surface area contributed by atoms with Gasteiger partial charge in [0.15, 0.2) is 16.7 Å². The number of methoxy groups -OCH3 is 1. The fourth-order valence-electron chi connectivity index (χ4n) is 2.36. The van der Waals surface area contributed by atoms with Crippen molar-refractivity contribution in [2.75, 3.05) is 13.7 Å². The molecule has 0 saturated carbocycles. The molecule has 1 aliphatic heterocycles. The summed E-state index contributed by atoms with van der Waals surface area (Å²) in [5.74, 6) is 1.20. The van der Waals surface area contributed by atoms with Gasteiger partial charge in [0.25, 0.3) is 5.91 Å². The monoisotopic (exact) mass is 480 g/mol. The Morgan fingerprint density at radius 3 is 2.73 bits per heavy atom. The maximum Gasteiger partial charge on any atom is 0.264 e. The second kappa shape index (κ2) is 8.59. The summed E-state index contributed by atoms with van der Waals surface area (Å²) in [6.07, 6.45) is 1.83. The summed E-state index contributed by atoms with van der Waals surface area (Å²) in [7, 11) is 1.60. The summed E-state index contributed by atoms with van der Waals surface area (Å²) in [6.45, 7) is 2.49. The Morgan fingerprint density at radius 1 is 1.27 bits per heavy atom. The Hall–Kier alpha value is -2.00. The number of amidine groups is 1. The molecule has 1 heterocycles. The number of carbonyl (C=O) groups is 1. The number of ether oxygens (including phenoxy) is 2. The lowest BCUT2D eigenvalue weighted by Crippen LogP contribution is -2.19. The maximum absolute atomic E-state index is 12.2. The molecule has 1 saturated heterocycles. The summed E-state index contributed by atoms with van der Waals surface area (Å²) in [4.78, 5) is 17.3. The highest BCUT2D eigenvalue weighted by Crippen LogP contribution is 2.36. The van der Waals surface area contributed by atoms with E-state index in [0.29, 0.717) is 28.2 Å². The summed E-state index contributed by atoms with van der Waals surface area (Å²) in [6, 6.07) is 13.3. The SMILES string of the molecule is CCOc1c(I)cc(C=C2SC(=Nc3ccccc3)NC2=O)cc1OC. The number of carbonyl (C=O) groups excluding carboxylic acids is 1. The van der Waals surface area contributed by atoms with Crippen molar-refractivity contribution < 1.29 is 14.3 Å². The number of rotatable bonds is 5. The van der Waals surface area contributed by atoms with E-state index in [1.54, 1.807) is 7.11 Å². The number of amides is 1. The second-order valence-electron chi connectivity index (χ2n) is 5.28. The molecule has 0 aromatic heterocycles. The first-order chi connectivity index (χ1) is 12.6. The molecule has 134 valence electrons. The van der Waals surface area contributed by atoms with Gasteiger partial charge in [-0.2, -0.15) is 0 Å². The van der Waals surface area contributed by atoms with Crippen molar-refractivity contribution in [2.45, 2.75) is 6.92 Å². The van der Waals surface area contributed by atoms with E-state index in [-0.39, 0.29) is 5.91 Å². The van der Waals surface area contributed by atoms with Crippen LogP contribution in [0.4, 0.5) is 5.69 Å². The van der Waals surface area contributed by atoms with E-state index < -0.39 is 0 Å². The van der Waals surface area contributed by atoms with Crippen molar-refractivity contribution in [2.24, 2.45) is 4.99 Å². The van der Waals surface area contributed by atoms with Gasteiger partial charge in [0, 0.05) is 0 Å². The number of nitrogens with zero attached hydrogens (tertiary/aromatic N) is 1. The van der Waals surface area contributed by atoms with Crippen LogP contribution in [0.5, 0.6) is 11.5 Å². The van der Waals surface area contributed by atoms with Crippen LogP contribution in [-0.4, -0.2) is 24.8 Å². The second-order valence-corrected chi connectivity index (χ2v) is 7.48. The van der Waals surface area contributed by atoms with Gasteiger partial charge in [-0.25, -0.2) is 4.99 Å². The molecule has 2 aromatic carbocycles. The van der Waals surface area contributed by atoms with Crippen molar-refractivity contribution in [3.63, 3.8) is 0 Å². The molecule has 0 radical (unpaired) electrons. The molecule has 3 rings (SSSR count). The van der Waals surface area contributed by atoms with Crippen LogP contribution in [0.15, 0.2) is 52.4 Å².